The first kappa shape index (κ1) is 17.9. The molecule has 1 aromatic rings. The molecule has 21 heavy (non-hydrogen) atoms. The average Bonchev–Trinajstić information content (AvgIpc) is 2.89. The second-order valence-electron chi connectivity index (χ2n) is 4.76. The zero-order valence-corrected chi connectivity index (χ0v) is 13.3. The summed E-state index contributed by atoms with van der Waals surface area (Å²) in [4.78, 5) is 11.4. The molecular weight excluding hydrogens is 316 g/mol. The van der Waals surface area contributed by atoms with Gasteiger partial charge < -0.3 is 10.1 Å². The molecule has 0 bridgehead atoms. The standard InChI is InChI=1S/C13H18N2O4S.ClH/c1-19-13(16)11-4-2-3-10(7-11)9-20(17,18)15-12-5-6-14-8-12;/h2-4,7,12,14-15H,5-6,8-9H2,1H3;1H. The Morgan fingerprint density at radius 1 is 1.48 bits per heavy atom. The predicted molar refractivity (Wildman–Crippen MR) is 82.1 cm³/mol. The summed E-state index contributed by atoms with van der Waals surface area (Å²) >= 11 is 0. The maximum absolute atomic E-state index is 12.1. The molecule has 0 saturated carbocycles. The second kappa shape index (κ2) is 7.74. The third kappa shape index (κ3) is 5.28. The lowest BCUT2D eigenvalue weighted by atomic mass is 10.1. The minimum absolute atomic E-state index is 0. The molecule has 2 rings (SSSR count). The molecule has 118 valence electrons. The van der Waals surface area contributed by atoms with E-state index in [0.717, 1.165) is 13.0 Å². The SMILES string of the molecule is COC(=O)c1cccc(CS(=O)(=O)NC2CCNC2)c1.Cl. The molecule has 0 radical (unpaired) electrons. The molecule has 6 nitrogen and oxygen atoms in total. The molecule has 1 saturated heterocycles. The summed E-state index contributed by atoms with van der Waals surface area (Å²) in [5.41, 5.74) is 0.911. The fourth-order valence-electron chi connectivity index (χ4n) is 2.18. The lowest BCUT2D eigenvalue weighted by molar-refractivity contribution is 0.0600. The maximum atomic E-state index is 12.1. The van der Waals surface area contributed by atoms with Crippen LogP contribution in [0.2, 0.25) is 0 Å². The molecule has 0 aromatic heterocycles. The van der Waals surface area contributed by atoms with Gasteiger partial charge in [0.05, 0.1) is 18.4 Å². The van der Waals surface area contributed by atoms with Gasteiger partial charge in [0.1, 0.15) is 0 Å². The van der Waals surface area contributed by atoms with E-state index in [1.54, 1.807) is 18.2 Å². The number of carbonyl (C=O) groups excluding carboxylic acids is 1. The van der Waals surface area contributed by atoms with Crippen molar-refractivity contribution in [2.75, 3.05) is 20.2 Å². The molecule has 0 spiro atoms. The molecule has 8 heteroatoms. The monoisotopic (exact) mass is 334 g/mol. The lowest BCUT2D eigenvalue weighted by Gasteiger charge is -2.12. The number of carbonyl (C=O) groups is 1. The Labute approximate surface area is 130 Å². The van der Waals surface area contributed by atoms with Crippen LogP contribution in [0.25, 0.3) is 0 Å². The summed E-state index contributed by atoms with van der Waals surface area (Å²) in [7, 11) is -2.12. The van der Waals surface area contributed by atoms with Crippen molar-refractivity contribution in [1.29, 1.82) is 0 Å². The van der Waals surface area contributed by atoms with Crippen LogP contribution < -0.4 is 10.0 Å². The van der Waals surface area contributed by atoms with Crippen LogP contribution in [0, 0.1) is 0 Å². The van der Waals surface area contributed by atoms with E-state index in [9.17, 15) is 13.2 Å². The predicted octanol–water partition coefficient (Wildman–Crippen LogP) is 0.676. The van der Waals surface area contributed by atoms with Gasteiger partial charge in [-0.25, -0.2) is 17.9 Å². The number of esters is 1. The smallest absolute Gasteiger partial charge is 0.337 e. The highest BCUT2D eigenvalue weighted by atomic mass is 35.5. The number of rotatable bonds is 5. The molecule has 1 fully saturated rings. The Morgan fingerprint density at radius 2 is 2.24 bits per heavy atom. The highest BCUT2D eigenvalue weighted by molar-refractivity contribution is 7.88. The summed E-state index contributed by atoms with van der Waals surface area (Å²) in [6, 6.07) is 6.41. The van der Waals surface area contributed by atoms with Gasteiger partial charge in [-0.15, -0.1) is 12.4 Å². The summed E-state index contributed by atoms with van der Waals surface area (Å²) in [5, 5.41) is 3.10. The molecule has 1 atom stereocenters. The molecular formula is C13H19ClN2O4S. The van der Waals surface area contributed by atoms with Gasteiger partial charge in [-0.05, 0) is 30.7 Å². The zero-order valence-electron chi connectivity index (χ0n) is 11.7. The molecule has 0 amide bonds. The normalized spacial score (nSPS) is 18.0. The number of methoxy groups -OCH3 is 1. The number of ether oxygens (including phenoxy) is 1. The van der Waals surface area contributed by atoms with Crippen molar-refractivity contribution in [3.8, 4) is 0 Å². The van der Waals surface area contributed by atoms with Gasteiger partial charge in [-0.1, -0.05) is 12.1 Å². The number of hydrogen-bond donors (Lipinski definition) is 2. The molecule has 0 aliphatic carbocycles. The Bertz CT molecular complexity index is 586. The van der Waals surface area contributed by atoms with Crippen LogP contribution in [-0.2, 0) is 20.5 Å². The summed E-state index contributed by atoms with van der Waals surface area (Å²) in [6.45, 7) is 1.48. The van der Waals surface area contributed by atoms with E-state index < -0.39 is 16.0 Å². The Balaban J connectivity index is 0.00000220. The zero-order chi connectivity index (χ0) is 14.6. The van der Waals surface area contributed by atoms with Crippen molar-refractivity contribution in [3.05, 3.63) is 35.4 Å². The van der Waals surface area contributed by atoms with Gasteiger partial charge in [0.25, 0.3) is 0 Å². The molecule has 1 aliphatic rings. The Kier molecular flexibility index (Phi) is 6.60. The fourth-order valence-corrected chi connectivity index (χ4v) is 3.59. The first-order valence-electron chi connectivity index (χ1n) is 6.38. The van der Waals surface area contributed by atoms with E-state index >= 15 is 0 Å². The number of hydrogen-bond acceptors (Lipinski definition) is 5. The molecule has 1 heterocycles. The topological polar surface area (TPSA) is 84.5 Å². The van der Waals surface area contributed by atoms with E-state index in [4.69, 9.17) is 0 Å². The van der Waals surface area contributed by atoms with E-state index in [-0.39, 0.29) is 24.2 Å². The van der Waals surface area contributed by atoms with E-state index in [1.165, 1.54) is 13.2 Å². The van der Waals surface area contributed by atoms with Gasteiger partial charge in [-0.2, -0.15) is 0 Å². The van der Waals surface area contributed by atoms with Crippen molar-refractivity contribution >= 4 is 28.4 Å². The Morgan fingerprint density at radius 3 is 2.86 bits per heavy atom. The lowest BCUT2D eigenvalue weighted by Crippen LogP contribution is -2.36. The van der Waals surface area contributed by atoms with Crippen molar-refractivity contribution in [2.24, 2.45) is 0 Å². The van der Waals surface area contributed by atoms with Crippen LogP contribution in [0.1, 0.15) is 22.3 Å². The van der Waals surface area contributed by atoms with Crippen LogP contribution in [0.15, 0.2) is 24.3 Å². The highest BCUT2D eigenvalue weighted by Gasteiger charge is 2.21. The quantitative estimate of drug-likeness (QED) is 0.773. The van der Waals surface area contributed by atoms with Crippen molar-refractivity contribution < 1.29 is 17.9 Å². The molecule has 1 aliphatic heterocycles. The molecule has 1 aromatic carbocycles. The van der Waals surface area contributed by atoms with Crippen LogP contribution in [-0.4, -0.2) is 40.6 Å². The van der Waals surface area contributed by atoms with Crippen LogP contribution in [0.5, 0.6) is 0 Å². The summed E-state index contributed by atoms with van der Waals surface area (Å²) in [5.74, 6) is -0.619. The van der Waals surface area contributed by atoms with Gasteiger partial charge in [0, 0.05) is 12.6 Å². The summed E-state index contributed by atoms with van der Waals surface area (Å²) < 4.78 is 31.4. The third-order valence-electron chi connectivity index (χ3n) is 3.11. The average molecular weight is 335 g/mol. The van der Waals surface area contributed by atoms with Gasteiger partial charge in [0.2, 0.25) is 10.0 Å². The minimum Gasteiger partial charge on any atom is -0.465 e. The second-order valence-corrected chi connectivity index (χ2v) is 6.51. The van der Waals surface area contributed by atoms with Gasteiger partial charge >= 0.3 is 5.97 Å². The van der Waals surface area contributed by atoms with E-state index in [2.05, 4.69) is 14.8 Å². The van der Waals surface area contributed by atoms with E-state index in [1.807, 2.05) is 0 Å². The number of nitrogens with one attached hydrogen (secondary N) is 2. The highest BCUT2D eigenvalue weighted by Crippen LogP contribution is 2.11. The van der Waals surface area contributed by atoms with Gasteiger partial charge in [-0.3, -0.25) is 0 Å². The van der Waals surface area contributed by atoms with Crippen molar-refractivity contribution in [3.63, 3.8) is 0 Å². The van der Waals surface area contributed by atoms with Crippen LogP contribution >= 0.6 is 12.4 Å². The maximum Gasteiger partial charge on any atom is 0.337 e. The Hall–Kier alpha value is -1.15. The molecule has 1 unspecified atom stereocenters. The number of benzene rings is 1. The van der Waals surface area contributed by atoms with Crippen LogP contribution in [0.3, 0.4) is 0 Å². The number of sulfonamides is 1. The van der Waals surface area contributed by atoms with Crippen molar-refractivity contribution in [2.45, 2.75) is 18.2 Å². The fraction of sp³-hybridized carbons (Fsp3) is 0.462. The number of halogens is 1. The van der Waals surface area contributed by atoms with Crippen LogP contribution in [0.4, 0.5) is 0 Å². The first-order chi connectivity index (χ1) is 9.50. The largest absolute Gasteiger partial charge is 0.465 e. The third-order valence-corrected chi connectivity index (χ3v) is 4.52. The summed E-state index contributed by atoms with van der Waals surface area (Å²) in [6.07, 6.45) is 0.793. The minimum atomic E-state index is -3.41. The molecule has 2 N–H and O–H groups in total. The van der Waals surface area contributed by atoms with E-state index in [0.29, 0.717) is 17.7 Å². The van der Waals surface area contributed by atoms with Gasteiger partial charge in [0.15, 0.2) is 0 Å². The van der Waals surface area contributed by atoms with Crippen molar-refractivity contribution in [1.82, 2.24) is 10.0 Å². The first-order valence-corrected chi connectivity index (χ1v) is 8.03.